The van der Waals surface area contributed by atoms with Gasteiger partial charge in [0.1, 0.15) is 5.76 Å². The Kier molecular flexibility index (Phi) is 8.47. The molecule has 0 saturated carbocycles. The smallest absolute Gasteiger partial charge is 0.330 e. The molecule has 0 aliphatic carbocycles. The number of carbonyl (C=O) groups excluding carboxylic acids is 3. The number of thioether (sulfide) groups is 1. The summed E-state index contributed by atoms with van der Waals surface area (Å²) in [5.41, 5.74) is 1.43. The fourth-order valence-corrected chi connectivity index (χ4v) is 2.84. The Morgan fingerprint density at radius 2 is 1.97 bits per heavy atom. The Bertz CT molecular complexity index is 876. The molecule has 1 aromatic heterocycles. The van der Waals surface area contributed by atoms with Crippen LogP contribution in [0.3, 0.4) is 0 Å². The molecule has 1 heterocycles. The van der Waals surface area contributed by atoms with Crippen LogP contribution in [0, 0.1) is 6.92 Å². The van der Waals surface area contributed by atoms with Crippen LogP contribution in [-0.2, 0) is 19.1 Å². The summed E-state index contributed by atoms with van der Waals surface area (Å²) in [4.78, 5) is 35.5. The standard InChI is InChI=1S/C20H23N3O5S/c1-4-27-19(25)10-7-15-5-8-16(9-6-15)21-18(24)12-29-14(3)20(26)22-17-11-13(2)28-23-17/h5-11,14H,4,12H2,1-3H3,(H,21,24)(H,22,23,26)/b10-7+. The molecule has 0 aliphatic rings. The van der Waals surface area contributed by atoms with E-state index >= 15 is 0 Å². The number of rotatable bonds is 9. The highest BCUT2D eigenvalue weighted by atomic mass is 32.2. The van der Waals surface area contributed by atoms with Crippen LogP contribution in [0.2, 0.25) is 0 Å². The maximum absolute atomic E-state index is 12.1. The highest BCUT2D eigenvalue weighted by molar-refractivity contribution is 8.01. The number of nitrogens with one attached hydrogen (secondary N) is 2. The summed E-state index contributed by atoms with van der Waals surface area (Å²) in [6, 6.07) is 8.63. The largest absolute Gasteiger partial charge is 0.463 e. The molecule has 0 spiro atoms. The Balaban J connectivity index is 1.76. The lowest BCUT2D eigenvalue weighted by Crippen LogP contribution is -2.25. The van der Waals surface area contributed by atoms with Crippen molar-refractivity contribution in [1.82, 2.24) is 5.16 Å². The van der Waals surface area contributed by atoms with Gasteiger partial charge >= 0.3 is 5.97 Å². The Hall–Kier alpha value is -3.07. The van der Waals surface area contributed by atoms with E-state index in [1.165, 1.54) is 17.8 Å². The maximum atomic E-state index is 12.1. The quantitative estimate of drug-likeness (QED) is 0.476. The summed E-state index contributed by atoms with van der Waals surface area (Å²) >= 11 is 1.21. The van der Waals surface area contributed by atoms with E-state index in [9.17, 15) is 14.4 Å². The molecule has 29 heavy (non-hydrogen) atoms. The molecule has 0 radical (unpaired) electrons. The second-order valence-corrected chi connectivity index (χ2v) is 7.35. The molecule has 2 N–H and O–H groups in total. The number of ether oxygens (including phenoxy) is 1. The molecule has 1 unspecified atom stereocenters. The molecule has 9 heteroatoms. The predicted molar refractivity (Wildman–Crippen MR) is 113 cm³/mol. The van der Waals surface area contributed by atoms with Gasteiger partial charge < -0.3 is 19.9 Å². The molecule has 0 aliphatic heterocycles. The number of amides is 2. The van der Waals surface area contributed by atoms with Crippen LogP contribution < -0.4 is 10.6 Å². The van der Waals surface area contributed by atoms with E-state index in [1.54, 1.807) is 57.2 Å². The van der Waals surface area contributed by atoms with Crippen LogP contribution in [0.4, 0.5) is 11.5 Å². The van der Waals surface area contributed by atoms with E-state index in [-0.39, 0.29) is 17.6 Å². The molecule has 154 valence electrons. The Morgan fingerprint density at radius 1 is 1.24 bits per heavy atom. The van der Waals surface area contributed by atoms with E-state index in [0.29, 0.717) is 23.9 Å². The third-order valence-corrected chi connectivity index (χ3v) is 4.75. The van der Waals surface area contributed by atoms with Gasteiger partial charge in [0.25, 0.3) is 0 Å². The highest BCUT2D eigenvalue weighted by Gasteiger charge is 2.16. The molecule has 1 atom stereocenters. The van der Waals surface area contributed by atoms with Gasteiger partial charge in [0, 0.05) is 17.8 Å². The van der Waals surface area contributed by atoms with Crippen LogP contribution in [0.5, 0.6) is 0 Å². The van der Waals surface area contributed by atoms with Crippen molar-refractivity contribution in [2.45, 2.75) is 26.0 Å². The average Bonchev–Trinajstić information content (AvgIpc) is 3.10. The van der Waals surface area contributed by atoms with Crippen molar-refractivity contribution in [2.75, 3.05) is 23.0 Å². The van der Waals surface area contributed by atoms with Crippen molar-refractivity contribution in [3.05, 3.63) is 47.7 Å². The van der Waals surface area contributed by atoms with E-state index < -0.39 is 11.2 Å². The SMILES string of the molecule is CCOC(=O)/C=C/c1ccc(NC(=O)CSC(C)C(=O)Nc2cc(C)on2)cc1. The van der Waals surface area contributed by atoms with Gasteiger partial charge in [-0.2, -0.15) is 0 Å². The second-order valence-electron chi connectivity index (χ2n) is 6.02. The number of benzene rings is 1. The van der Waals surface area contributed by atoms with Crippen molar-refractivity contribution in [3.63, 3.8) is 0 Å². The van der Waals surface area contributed by atoms with Gasteiger partial charge in [-0.1, -0.05) is 17.3 Å². The third kappa shape index (κ3) is 7.82. The van der Waals surface area contributed by atoms with Crippen LogP contribution in [-0.4, -0.2) is 40.6 Å². The summed E-state index contributed by atoms with van der Waals surface area (Å²) in [6.45, 7) is 5.51. The van der Waals surface area contributed by atoms with Crippen LogP contribution in [0.1, 0.15) is 25.2 Å². The zero-order valence-electron chi connectivity index (χ0n) is 16.4. The highest BCUT2D eigenvalue weighted by Crippen LogP contribution is 2.16. The second kappa shape index (κ2) is 11.1. The number of carbonyl (C=O) groups is 3. The number of aryl methyl sites for hydroxylation is 1. The summed E-state index contributed by atoms with van der Waals surface area (Å²) in [7, 11) is 0. The van der Waals surface area contributed by atoms with Gasteiger partial charge in [0.05, 0.1) is 17.6 Å². The van der Waals surface area contributed by atoms with E-state index in [2.05, 4.69) is 15.8 Å². The Labute approximate surface area is 173 Å². The van der Waals surface area contributed by atoms with Crippen LogP contribution in [0.25, 0.3) is 6.08 Å². The molecule has 0 fully saturated rings. The van der Waals surface area contributed by atoms with Crippen molar-refractivity contribution in [3.8, 4) is 0 Å². The molecule has 2 rings (SSSR count). The van der Waals surface area contributed by atoms with E-state index in [4.69, 9.17) is 9.26 Å². The summed E-state index contributed by atoms with van der Waals surface area (Å²) in [5.74, 6) is 0.190. The fraction of sp³-hybridized carbons (Fsp3) is 0.300. The van der Waals surface area contributed by atoms with Gasteiger partial charge in [0.15, 0.2) is 5.82 Å². The molecule has 0 saturated heterocycles. The number of esters is 1. The molecule has 8 nitrogen and oxygen atoms in total. The molecule has 2 aromatic rings. The first-order valence-electron chi connectivity index (χ1n) is 8.98. The predicted octanol–water partition coefficient (Wildman–Crippen LogP) is 3.26. The number of anilines is 2. The van der Waals surface area contributed by atoms with Crippen molar-refractivity contribution >= 4 is 47.1 Å². The topological polar surface area (TPSA) is 111 Å². The number of nitrogens with zero attached hydrogens (tertiary/aromatic N) is 1. The van der Waals surface area contributed by atoms with Crippen LogP contribution >= 0.6 is 11.8 Å². The monoisotopic (exact) mass is 417 g/mol. The third-order valence-electron chi connectivity index (χ3n) is 3.61. The van der Waals surface area contributed by atoms with Crippen molar-refractivity contribution in [2.24, 2.45) is 0 Å². The zero-order chi connectivity index (χ0) is 21.2. The minimum atomic E-state index is -0.437. The van der Waals surface area contributed by atoms with Gasteiger partial charge in [-0.15, -0.1) is 11.8 Å². The normalized spacial score (nSPS) is 11.8. The minimum absolute atomic E-state index is 0.122. The lowest BCUT2D eigenvalue weighted by molar-refractivity contribution is -0.137. The lowest BCUT2D eigenvalue weighted by Gasteiger charge is -2.10. The summed E-state index contributed by atoms with van der Waals surface area (Å²) in [6.07, 6.45) is 2.98. The summed E-state index contributed by atoms with van der Waals surface area (Å²) < 4.78 is 9.71. The molecular weight excluding hydrogens is 394 g/mol. The summed E-state index contributed by atoms with van der Waals surface area (Å²) in [5, 5.41) is 8.67. The number of hydrogen-bond acceptors (Lipinski definition) is 7. The lowest BCUT2D eigenvalue weighted by atomic mass is 10.2. The molecule has 1 aromatic carbocycles. The van der Waals surface area contributed by atoms with Gasteiger partial charge in [-0.3, -0.25) is 9.59 Å². The molecule has 0 bridgehead atoms. The van der Waals surface area contributed by atoms with E-state index in [1.807, 2.05) is 0 Å². The number of hydrogen-bond donors (Lipinski definition) is 2. The van der Waals surface area contributed by atoms with Crippen molar-refractivity contribution in [1.29, 1.82) is 0 Å². The first-order chi connectivity index (χ1) is 13.9. The van der Waals surface area contributed by atoms with Crippen LogP contribution in [0.15, 0.2) is 40.9 Å². The first kappa shape index (κ1) is 22.2. The average molecular weight is 417 g/mol. The van der Waals surface area contributed by atoms with Gasteiger partial charge in [-0.25, -0.2) is 4.79 Å². The van der Waals surface area contributed by atoms with Gasteiger partial charge in [-0.05, 0) is 44.5 Å². The fourth-order valence-electron chi connectivity index (χ4n) is 2.16. The van der Waals surface area contributed by atoms with E-state index in [0.717, 1.165) is 5.56 Å². The molecular formula is C20H23N3O5S. The number of aromatic nitrogens is 1. The minimum Gasteiger partial charge on any atom is -0.463 e. The Morgan fingerprint density at radius 3 is 2.59 bits per heavy atom. The van der Waals surface area contributed by atoms with Gasteiger partial charge in [0.2, 0.25) is 11.8 Å². The zero-order valence-corrected chi connectivity index (χ0v) is 17.2. The first-order valence-corrected chi connectivity index (χ1v) is 10.0. The van der Waals surface area contributed by atoms with Crippen molar-refractivity contribution < 1.29 is 23.6 Å². The maximum Gasteiger partial charge on any atom is 0.330 e. The molecule has 2 amide bonds.